The van der Waals surface area contributed by atoms with Gasteiger partial charge in [-0.25, -0.2) is 0 Å². The first-order valence-corrected chi connectivity index (χ1v) is 8.12. The summed E-state index contributed by atoms with van der Waals surface area (Å²) in [5.74, 6) is 0.775. The van der Waals surface area contributed by atoms with Gasteiger partial charge in [0.1, 0.15) is 0 Å². The maximum absolute atomic E-state index is 12.4. The molecule has 0 spiro atoms. The van der Waals surface area contributed by atoms with Crippen LogP contribution in [0.1, 0.15) is 44.8 Å². The number of fused-ring (bicyclic) bond motifs is 1. The standard InChI is InChI=1S/C16H24N4O2/c1-12(2)8-16(22)19-9-13-5-6-17-20(13)14(11-19)10-18-7-3-4-15(18)21/h5-6,12,14H,3-4,7-11H2,1-2H3. The fraction of sp³-hybridized carbons (Fsp3) is 0.688. The number of carbonyl (C=O) groups excluding carboxylic acids is 2. The third-order valence-electron chi connectivity index (χ3n) is 4.42. The number of amides is 2. The SMILES string of the molecule is CC(C)CC(=O)N1Cc2ccnn2C(CN2CCCC2=O)C1. The lowest BCUT2D eigenvalue weighted by atomic mass is 10.1. The summed E-state index contributed by atoms with van der Waals surface area (Å²) in [6.07, 6.45) is 3.94. The fourth-order valence-corrected chi connectivity index (χ4v) is 3.34. The average Bonchev–Trinajstić information content (AvgIpc) is 3.07. The van der Waals surface area contributed by atoms with Gasteiger partial charge in [0.15, 0.2) is 0 Å². The molecule has 3 rings (SSSR count). The van der Waals surface area contributed by atoms with Crippen molar-refractivity contribution >= 4 is 11.8 Å². The van der Waals surface area contributed by atoms with Crippen molar-refractivity contribution in [1.82, 2.24) is 19.6 Å². The number of hydrogen-bond acceptors (Lipinski definition) is 3. The van der Waals surface area contributed by atoms with Gasteiger partial charge in [-0.3, -0.25) is 14.3 Å². The molecule has 0 bridgehead atoms. The lowest BCUT2D eigenvalue weighted by Gasteiger charge is -2.36. The van der Waals surface area contributed by atoms with E-state index in [4.69, 9.17) is 0 Å². The third kappa shape index (κ3) is 3.00. The van der Waals surface area contributed by atoms with Gasteiger partial charge in [-0.15, -0.1) is 0 Å². The quantitative estimate of drug-likeness (QED) is 0.845. The first kappa shape index (κ1) is 15.1. The van der Waals surface area contributed by atoms with E-state index in [2.05, 4.69) is 18.9 Å². The minimum atomic E-state index is 0.0666. The van der Waals surface area contributed by atoms with Gasteiger partial charge < -0.3 is 9.80 Å². The number of rotatable bonds is 4. The number of hydrogen-bond donors (Lipinski definition) is 0. The summed E-state index contributed by atoms with van der Waals surface area (Å²) in [7, 11) is 0. The Bertz CT molecular complexity index is 566. The smallest absolute Gasteiger partial charge is 0.223 e. The molecular weight excluding hydrogens is 280 g/mol. The van der Waals surface area contributed by atoms with Crippen molar-refractivity contribution in [2.75, 3.05) is 19.6 Å². The Hall–Kier alpha value is -1.85. The molecule has 0 radical (unpaired) electrons. The molecule has 6 heteroatoms. The first-order chi connectivity index (χ1) is 10.5. The molecule has 22 heavy (non-hydrogen) atoms. The topological polar surface area (TPSA) is 58.4 Å². The van der Waals surface area contributed by atoms with Crippen LogP contribution in [0.15, 0.2) is 12.3 Å². The van der Waals surface area contributed by atoms with E-state index in [1.807, 2.05) is 20.5 Å². The normalized spacial score (nSPS) is 21.6. The summed E-state index contributed by atoms with van der Waals surface area (Å²) in [4.78, 5) is 28.1. The van der Waals surface area contributed by atoms with Crippen molar-refractivity contribution in [2.45, 2.75) is 45.7 Å². The Kier molecular flexibility index (Phi) is 4.18. The van der Waals surface area contributed by atoms with E-state index in [1.54, 1.807) is 6.20 Å². The minimum absolute atomic E-state index is 0.0666. The average molecular weight is 304 g/mol. The molecule has 0 aliphatic carbocycles. The Balaban J connectivity index is 1.74. The number of aromatic nitrogens is 2. The highest BCUT2D eigenvalue weighted by molar-refractivity contribution is 5.78. The summed E-state index contributed by atoms with van der Waals surface area (Å²) >= 11 is 0. The third-order valence-corrected chi connectivity index (χ3v) is 4.42. The molecule has 3 heterocycles. The van der Waals surface area contributed by atoms with Crippen LogP contribution < -0.4 is 0 Å². The molecule has 0 N–H and O–H groups in total. The predicted molar refractivity (Wildman–Crippen MR) is 82.0 cm³/mol. The molecule has 1 saturated heterocycles. The molecule has 2 amide bonds. The van der Waals surface area contributed by atoms with Crippen LogP contribution in [-0.4, -0.2) is 51.0 Å². The van der Waals surface area contributed by atoms with Crippen molar-refractivity contribution in [3.8, 4) is 0 Å². The van der Waals surface area contributed by atoms with Crippen LogP contribution in [0, 0.1) is 5.92 Å². The number of nitrogens with zero attached hydrogens (tertiary/aromatic N) is 4. The maximum atomic E-state index is 12.4. The van der Waals surface area contributed by atoms with E-state index in [0.717, 1.165) is 18.7 Å². The molecule has 6 nitrogen and oxygen atoms in total. The first-order valence-electron chi connectivity index (χ1n) is 8.12. The molecule has 1 fully saturated rings. The lowest BCUT2D eigenvalue weighted by Crippen LogP contribution is -2.45. The van der Waals surface area contributed by atoms with Gasteiger partial charge in [0, 0.05) is 38.7 Å². The molecular formula is C16H24N4O2. The second-order valence-electron chi connectivity index (χ2n) is 6.74. The summed E-state index contributed by atoms with van der Waals surface area (Å²) in [5.41, 5.74) is 1.06. The second kappa shape index (κ2) is 6.10. The van der Waals surface area contributed by atoms with Crippen molar-refractivity contribution in [3.05, 3.63) is 18.0 Å². The van der Waals surface area contributed by atoms with Crippen molar-refractivity contribution in [2.24, 2.45) is 5.92 Å². The zero-order chi connectivity index (χ0) is 15.7. The Morgan fingerprint density at radius 1 is 1.45 bits per heavy atom. The van der Waals surface area contributed by atoms with Gasteiger partial charge >= 0.3 is 0 Å². The highest BCUT2D eigenvalue weighted by Crippen LogP contribution is 2.24. The second-order valence-corrected chi connectivity index (χ2v) is 6.74. The molecule has 2 aliphatic heterocycles. The van der Waals surface area contributed by atoms with Gasteiger partial charge in [-0.1, -0.05) is 13.8 Å². The molecule has 1 aromatic heterocycles. The van der Waals surface area contributed by atoms with Crippen LogP contribution in [0.4, 0.5) is 0 Å². The van der Waals surface area contributed by atoms with Crippen molar-refractivity contribution < 1.29 is 9.59 Å². The zero-order valence-corrected chi connectivity index (χ0v) is 13.4. The van der Waals surface area contributed by atoms with Crippen LogP contribution in [0.3, 0.4) is 0 Å². The van der Waals surface area contributed by atoms with E-state index in [9.17, 15) is 9.59 Å². The largest absolute Gasteiger partial charge is 0.340 e. The van der Waals surface area contributed by atoms with Gasteiger partial charge in [-0.05, 0) is 18.4 Å². The molecule has 2 aliphatic rings. The summed E-state index contributed by atoms with van der Waals surface area (Å²) in [6, 6.07) is 2.03. The summed E-state index contributed by atoms with van der Waals surface area (Å²) in [5, 5.41) is 4.40. The molecule has 1 atom stereocenters. The van der Waals surface area contributed by atoms with Gasteiger partial charge in [-0.2, -0.15) is 5.10 Å². The van der Waals surface area contributed by atoms with Crippen molar-refractivity contribution in [3.63, 3.8) is 0 Å². The van der Waals surface area contributed by atoms with Gasteiger partial charge in [0.2, 0.25) is 11.8 Å². The Labute approximate surface area is 131 Å². The maximum Gasteiger partial charge on any atom is 0.223 e. The van der Waals surface area contributed by atoms with Gasteiger partial charge in [0.25, 0.3) is 0 Å². The Morgan fingerprint density at radius 2 is 2.27 bits per heavy atom. The summed E-state index contributed by atoms with van der Waals surface area (Å²) in [6.45, 7) is 6.86. The van der Waals surface area contributed by atoms with E-state index in [1.165, 1.54) is 0 Å². The number of likely N-dealkylation sites (tertiary alicyclic amines) is 1. The van der Waals surface area contributed by atoms with Crippen LogP contribution >= 0.6 is 0 Å². The molecule has 120 valence electrons. The van der Waals surface area contributed by atoms with Crippen LogP contribution in [0.2, 0.25) is 0 Å². The minimum Gasteiger partial charge on any atom is -0.340 e. The predicted octanol–water partition coefficient (Wildman–Crippen LogP) is 1.43. The molecule has 1 aromatic rings. The van der Waals surface area contributed by atoms with Crippen LogP contribution in [0.25, 0.3) is 0 Å². The van der Waals surface area contributed by atoms with Crippen molar-refractivity contribution in [1.29, 1.82) is 0 Å². The van der Waals surface area contributed by atoms with Gasteiger partial charge in [0.05, 0.1) is 18.3 Å². The fourth-order valence-electron chi connectivity index (χ4n) is 3.34. The molecule has 0 aromatic carbocycles. The molecule has 0 saturated carbocycles. The van der Waals surface area contributed by atoms with E-state index >= 15 is 0 Å². The Morgan fingerprint density at radius 3 is 2.95 bits per heavy atom. The highest BCUT2D eigenvalue weighted by atomic mass is 16.2. The van der Waals surface area contributed by atoms with Crippen LogP contribution in [-0.2, 0) is 16.1 Å². The highest BCUT2D eigenvalue weighted by Gasteiger charge is 2.32. The number of carbonyl (C=O) groups is 2. The van der Waals surface area contributed by atoms with Crippen LogP contribution in [0.5, 0.6) is 0 Å². The van der Waals surface area contributed by atoms with E-state index in [-0.39, 0.29) is 17.9 Å². The zero-order valence-electron chi connectivity index (χ0n) is 13.4. The lowest BCUT2D eigenvalue weighted by molar-refractivity contribution is -0.134. The molecule has 1 unspecified atom stereocenters. The van der Waals surface area contributed by atoms with E-state index < -0.39 is 0 Å². The monoisotopic (exact) mass is 304 g/mol. The van der Waals surface area contributed by atoms with E-state index in [0.29, 0.717) is 38.4 Å². The summed E-state index contributed by atoms with van der Waals surface area (Å²) < 4.78 is 1.99.